The molecule has 0 aliphatic rings. The molecule has 0 unspecified atom stereocenters. The molecule has 154 valence electrons. The molecule has 1 heterocycles. The quantitative estimate of drug-likeness (QED) is 0.530. The number of carbonyl (C=O) groups excluding carboxylic acids is 3. The third kappa shape index (κ3) is 6.21. The van der Waals surface area contributed by atoms with Gasteiger partial charge in [0.05, 0.1) is 5.69 Å². The first-order valence-electron chi connectivity index (χ1n) is 9.08. The van der Waals surface area contributed by atoms with Crippen molar-refractivity contribution in [3.63, 3.8) is 0 Å². The van der Waals surface area contributed by atoms with Gasteiger partial charge in [-0.05, 0) is 55.0 Å². The van der Waals surface area contributed by atoms with Gasteiger partial charge in [0.15, 0.2) is 5.13 Å². The number of aryl methyl sites for hydroxylation is 1. The zero-order valence-electron chi connectivity index (χ0n) is 16.1. The Hall–Kier alpha value is -3.59. The van der Waals surface area contributed by atoms with E-state index in [9.17, 15) is 18.8 Å². The molecule has 0 fully saturated rings. The maximum absolute atomic E-state index is 12.9. The number of hydrogen-bond donors (Lipinski definition) is 3. The van der Waals surface area contributed by atoms with E-state index in [1.807, 2.05) is 0 Å². The number of halogens is 1. The van der Waals surface area contributed by atoms with E-state index in [0.717, 1.165) is 0 Å². The second kappa shape index (κ2) is 9.75. The average molecular weight is 426 g/mol. The fourth-order valence-corrected chi connectivity index (χ4v) is 3.29. The molecule has 0 aliphatic heterocycles. The highest BCUT2D eigenvalue weighted by Gasteiger charge is 2.11. The van der Waals surface area contributed by atoms with Crippen LogP contribution in [0.25, 0.3) is 0 Å². The number of rotatable bonds is 7. The smallest absolute Gasteiger partial charge is 0.257 e. The van der Waals surface area contributed by atoms with Crippen molar-refractivity contribution in [2.24, 2.45) is 0 Å². The van der Waals surface area contributed by atoms with E-state index in [0.29, 0.717) is 34.2 Å². The second-order valence-electron chi connectivity index (χ2n) is 6.41. The summed E-state index contributed by atoms with van der Waals surface area (Å²) in [7, 11) is 0. The van der Waals surface area contributed by atoms with Crippen LogP contribution < -0.4 is 16.0 Å². The van der Waals surface area contributed by atoms with Gasteiger partial charge in [0.25, 0.3) is 5.91 Å². The van der Waals surface area contributed by atoms with Gasteiger partial charge in [-0.25, -0.2) is 9.37 Å². The molecule has 0 atom stereocenters. The Bertz CT molecular complexity index is 1050. The predicted molar refractivity (Wildman–Crippen MR) is 114 cm³/mol. The summed E-state index contributed by atoms with van der Waals surface area (Å²) in [5.41, 5.74) is 2.29. The molecule has 1 aromatic heterocycles. The number of nitrogens with one attached hydrogen (secondary N) is 3. The molecule has 30 heavy (non-hydrogen) atoms. The predicted octanol–water partition coefficient (Wildman–Crippen LogP) is 4.06. The summed E-state index contributed by atoms with van der Waals surface area (Å²) in [4.78, 5) is 39.6. The minimum absolute atomic E-state index is 0.164. The van der Waals surface area contributed by atoms with E-state index >= 15 is 0 Å². The number of aromatic nitrogens is 1. The Morgan fingerprint density at radius 2 is 1.57 bits per heavy atom. The topological polar surface area (TPSA) is 100 Å². The van der Waals surface area contributed by atoms with Crippen LogP contribution in [0.4, 0.5) is 20.9 Å². The lowest BCUT2D eigenvalue weighted by Crippen LogP contribution is -2.13. The number of hydrogen-bond acceptors (Lipinski definition) is 5. The largest absolute Gasteiger partial charge is 0.326 e. The van der Waals surface area contributed by atoms with Crippen molar-refractivity contribution in [1.82, 2.24) is 4.98 Å². The van der Waals surface area contributed by atoms with Crippen LogP contribution in [-0.4, -0.2) is 22.7 Å². The molecular weight excluding hydrogens is 407 g/mol. The van der Waals surface area contributed by atoms with Crippen molar-refractivity contribution in [3.8, 4) is 0 Å². The number of benzene rings is 2. The summed E-state index contributed by atoms with van der Waals surface area (Å²) in [6, 6.07) is 12.0. The zero-order valence-corrected chi connectivity index (χ0v) is 16.9. The SMILES string of the molecule is CC(=O)Nc1ccc(NC(=O)CCc2csc(NC(=O)c3ccc(F)cc3)n2)cc1. The van der Waals surface area contributed by atoms with Crippen LogP contribution in [0.2, 0.25) is 0 Å². The summed E-state index contributed by atoms with van der Waals surface area (Å²) >= 11 is 1.25. The maximum atomic E-state index is 12.9. The lowest BCUT2D eigenvalue weighted by Gasteiger charge is -2.06. The van der Waals surface area contributed by atoms with E-state index in [4.69, 9.17) is 0 Å². The van der Waals surface area contributed by atoms with E-state index in [2.05, 4.69) is 20.9 Å². The number of anilines is 3. The van der Waals surface area contributed by atoms with Crippen LogP contribution in [-0.2, 0) is 16.0 Å². The lowest BCUT2D eigenvalue weighted by molar-refractivity contribution is -0.116. The van der Waals surface area contributed by atoms with Crippen molar-refractivity contribution in [2.45, 2.75) is 19.8 Å². The Morgan fingerprint density at radius 3 is 2.20 bits per heavy atom. The van der Waals surface area contributed by atoms with Crippen LogP contribution in [0.1, 0.15) is 29.4 Å². The molecule has 3 aromatic rings. The average Bonchev–Trinajstić information content (AvgIpc) is 3.15. The first-order chi connectivity index (χ1) is 14.4. The van der Waals surface area contributed by atoms with Gasteiger partial charge in [-0.3, -0.25) is 19.7 Å². The Morgan fingerprint density at radius 1 is 0.933 bits per heavy atom. The van der Waals surface area contributed by atoms with Gasteiger partial charge in [0.2, 0.25) is 11.8 Å². The molecule has 0 spiro atoms. The Balaban J connectivity index is 1.47. The molecule has 0 saturated carbocycles. The van der Waals surface area contributed by atoms with Crippen LogP contribution in [0.5, 0.6) is 0 Å². The maximum Gasteiger partial charge on any atom is 0.257 e. The number of thiazole rings is 1. The first-order valence-corrected chi connectivity index (χ1v) is 9.96. The summed E-state index contributed by atoms with van der Waals surface area (Å²) in [6.45, 7) is 1.42. The number of amides is 3. The molecular formula is C21H19FN4O3S. The minimum Gasteiger partial charge on any atom is -0.326 e. The van der Waals surface area contributed by atoms with Gasteiger partial charge in [-0.15, -0.1) is 11.3 Å². The summed E-state index contributed by atoms with van der Waals surface area (Å²) < 4.78 is 12.9. The molecule has 0 aliphatic carbocycles. The molecule has 7 nitrogen and oxygen atoms in total. The highest BCUT2D eigenvalue weighted by Crippen LogP contribution is 2.18. The van der Waals surface area contributed by atoms with Crippen molar-refractivity contribution >= 4 is 45.6 Å². The van der Waals surface area contributed by atoms with Crippen LogP contribution in [0.3, 0.4) is 0 Å². The van der Waals surface area contributed by atoms with Crippen LogP contribution in [0, 0.1) is 5.82 Å². The minimum atomic E-state index is -0.412. The van der Waals surface area contributed by atoms with Crippen LogP contribution >= 0.6 is 11.3 Å². The Kier molecular flexibility index (Phi) is 6.87. The summed E-state index contributed by atoms with van der Waals surface area (Å²) in [5.74, 6) is -1.13. The third-order valence-electron chi connectivity index (χ3n) is 3.98. The number of carbonyl (C=O) groups is 3. The second-order valence-corrected chi connectivity index (χ2v) is 7.27. The van der Waals surface area contributed by atoms with Gasteiger partial charge in [0, 0.05) is 35.7 Å². The molecule has 2 aromatic carbocycles. The normalized spacial score (nSPS) is 10.3. The van der Waals surface area contributed by atoms with Crippen molar-refractivity contribution in [1.29, 1.82) is 0 Å². The van der Waals surface area contributed by atoms with Crippen molar-refractivity contribution in [3.05, 3.63) is 71.0 Å². The molecule has 0 radical (unpaired) electrons. The van der Waals surface area contributed by atoms with E-state index in [1.54, 1.807) is 29.6 Å². The first kappa shape index (κ1) is 21.1. The van der Waals surface area contributed by atoms with Gasteiger partial charge in [-0.2, -0.15) is 0 Å². The molecule has 0 bridgehead atoms. The van der Waals surface area contributed by atoms with Gasteiger partial charge in [-0.1, -0.05) is 0 Å². The molecule has 9 heteroatoms. The third-order valence-corrected chi connectivity index (χ3v) is 4.78. The fraction of sp³-hybridized carbons (Fsp3) is 0.143. The Labute approximate surface area is 176 Å². The summed E-state index contributed by atoms with van der Waals surface area (Å²) in [5, 5.41) is 10.3. The van der Waals surface area contributed by atoms with Gasteiger partial charge < -0.3 is 10.6 Å². The van der Waals surface area contributed by atoms with E-state index in [1.165, 1.54) is 42.5 Å². The van der Waals surface area contributed by atoms with Gasteiger partial charge in [0.1, 0.15) is 5.82 Å². The highest BCUT2D eigenvalue weighted by molar-refractivity contribution is 7.14. The van der Waals surface area contributed by atoms with E-state index in [-0.39, 0.29) is 24.1 Å². The van der Waals surface area contributed by atoms with Crippen molar-refractivity contribution in [2.75, 3.05) is 16.0 Å². The van der Waals surface area contributed by atoms with Gasteiger partial charge >= 0.3 is 0 Å². The zero-order chi connectivity index (χ0) is 21.5. The van der Waals surface area contributed by atoms with E-state index < -0.39 is 5.82 Å². The highest BCUT2D eigenvalue weighted by atomic mass is 32.1. The lowest BCUT2D eigenvalue weighted by atomic mass is 10.2. The number of nitrogens with zero attached hydrogens (tertiary/aromatic N) is 1. The monoisotopic (exact) mass is 426 g/mol. The standard InChI is InChI=1S/C21H19FN4O3S/c1-13(27)23-16-6-8-17(9-7-16)24-19(28)11-10-18-12-30-21(25-18)26-20(29)14-2-4-15(22)5-3-14/h2-9,12H,10-11H2,1H3,(H,23,27)(H,24,28)(H,25,26,29). The van der Waals surface area contributed by atoms with Crippen LogP contribution in [0.15, 0.2) is 53.9 Å². The molecule has 0 saturated heterocycles. The molecule has 3 amide bonds. The molecule has 3 N–H and O–H groups in total. The summed E-state index contributed by atoms with van der Waals surface area (Å²) in [6.07, 6.45) is 0.640. The molecule has 3 rings (SSSR count). The van der Waals surface area contributed by atoms with Crippen molar-refractivity contribution < 1.29 is 18.8 Å². The fourth-order valence-electron chi connectivity index (χ4n) is 2.56.